The Balaban J connectivity index is 2.39. The molecule has 3 nitrogen and oxygen atoms in total. The lowest BCUT2D eigenvalue weighted by atomic mass is 10.3. The van der Waals surface area contributed by atoms with Crippen molar-refractivity contribution in [3.63, 3.8) is 0 Å². The molecule has 1 N–H and O–H groups in total. The predicted octanol–water partition coefficient (Wildman–Crippen LogP) is 3.81. The van der Waals surface area contributed by atoms with E-state index in [1.165, 1.54) is 0 Å². The largest absolute Gasteiger partial charge is 0.279 e. The molecule has 0 atom stereocenters. The minimum absolute atomic E-state index is 0.0559. The van der Waals surface area contributed by atoms with Crippen LogP contribution in [0.1, 0.15) is 0 Å². The van der Waals surface area contributed by atoms with Crippen molar-refractivity contribution in [3.05, 3.63) is 58.1 Å². The first-order chi connectivity index (χ1) is 9.70. The van der Waals surface area contributed by atoms with Crippen molar-refractivity contribution in [2.75, 3.05) is 4.72 Å². The minimum Gasteiger partial charge on any atom is -0.279 e. The average Bonchev–Trinajstić information content (AvgIpc) is 2.38. The first-order valence-corrected chi connectivity index (χ1v) is 7.61. The zero-order valence-electron chi connectivity index (χ0n) is 10.0. The minimum atomic E-state index is -4.27. The molecule has 0 aliphatic carbocycles. The lowest BCUT2D eigenvalue weighted by Crippen LogP contribution is -2.14. The van der Waals surface area contributed by atoms with Crippen LogP contribution in [0.5, 0.6) is 0 Å². The molecule has 0 aliphatic rings. The summed E-state index contributed by atoms with van der Waals surface area (Å²) in [5, 5.41) is 0. The summed E-state index contributed by atoms with van der Waals surface area (Å²) in [6.07, 6.45) is 0. The molecule has 21 heavy (non-hydrogen) atoms. The van der Waals surface area contributed by atoms with Crippen LogP contribution in [0.3, 0.4) is 0 Å². The van der Waals surface area contributed by atoms with Gasteiger partial charge in [0.25, 0.3) is 10.0 Å². The number of hydrogen-bond acceptors (Lipinski definition) is 2. The molecule has 0 fully saturated rings. The number of anilines is 1. The van der Waals surface area contributed by atoms with E-state index in [9.17, 15) is 26.0 Å². The Hall–Kier alpha value is -1.61. The normalized spacial score (nSPS) is 11.5. The van der Waals surface area contributed by atoms with Gasteiger partial charge in [-0.2, -0.15) is 0 Å². The van der Waals surface area contributed by atoms with Crippen LogP contribution >= 0.6 is 15.9 Å². The number of benzene rings is 2. The molecular weight excluding hydrogens is 378 g/mol. The van der Waals surface area contributed by atoms with E-state index >= 15 is 0 Å². The van der Waals surface area contributed by atoms with Gasteiger partial charge in [0.2, 0.25) is 0 Å². The van der Waals surface area contributed by atoms with Gasteiger partial charge < -0.3 is 0 Å². The van der Waals surface area contributed by atoms with Crippen LogP contribution in [0.15, 0.2) is 39.7 Å². The van der Waals surface area contributed by atoms with Crippen molar-refractivity contribution in [3.8, 4) is 0 Å². The Labute approximate surface area is 125 Å². The van der Waals surface area contributed by atoms with Gasteiger partial charge >= 0.3 is 0 Å². The molecule has 0 aliphatic heterocycles. The van der Waals surface area contributed by atoms with Gasteiger partial charge in [0, 0.05) is 12.1 Å². The van der Waals surface area contributed by atoms with Gasteiger partial charge in [0.15, 0.2) is 17.5 Å². The highest BCUT2D eigenvalue weighted by molar-refractivity contribution is 9.10. The van der Waals surface area contributed by atoms with Gasteiger partial charge in [-0.25, -0.2) is 26.0 Å². The third-order valence-electron chi connectivity index (χ3n) is 2.44. The van der Waals surface area contributed by atoms with Crippen molar-refractivity contribution in [2.24, 2.45) is 0 Å². The highest BCUT2D eigenvalue weighted by Crippen LogP contribution is 2.23. The lowest BCUT2D eigenvalue weighted by molar-refractivity contribution is 0.448. The molecule has 0 unspecified atom stereocenters. The summed E-state index contributed by atoms with van der Waals surface area (Å²) in [6.45, 7) is 0. The topological polar surface area (TPSA) is 46.2 Å². The molecule has 2 rings (SSSR count). The Morgan fingerprint density at radius 1 is 0.905 bits per heavy atom. The molecule has 9 heteroatoms. The second-order valence-corrected chi connectivity index (χ2v) is 6.47. The number of hydrogen-bond donors (Lipinski definition) is 1. The molecule has 0 saturated heterocycles. The Kier molecular flexibility index (Phi) is 4.24. The Morgan fingerprint density at radius 2 is 1.48 bits per heavy atom. The molecule has 0 saturated carbocycles. The fourth-order valence-corrected chi connectivity index (χ4v) is 2.77. The number of nitrogens with one attached hydrogen (secondary N) is 1. The number of sulfonamides is 1. The van der Waals surface area contributed by atoms with Crippen molar-refractivity contribution < 1.29 is 26.0 Å². The van der Waals surface area contributed by atoms with E-state index < -0.39 is 43.9 Å². The van der Waals surface area contributed by atoms with E-state index in [0.29, 0.717) is 12.1 Å². The quantitative estimate of drug-likeness (QED) is 0.647. The monoisotopic (exact) mass is 383 g/mol. The van der Waals surface area contributed by atoms with Crippen molar-refractivity contribution in [1.82, 2.24) is 0 Å². The standard InChI is InChI=1S/C12H6BrF4NO2S/c13-8-2-1-7(5-9(8)14)21(19,20)18-6-3-10(15)12(17)11(16)4-6/h1-5,18H. The highest BCUT2D eigenvalue weighted by atomic mass is 79.9. The first kappa shape index (κ1) is 15.8. The van der Waals surface area contributed by atoms with E-state index in [4.69, 9.17) is 0 Å². The summed E-state index contributed by atoms with van der Waals surface area (Å²) < 4.78 is 77.9. The molecule has 0 amide bonds. The van der Waals surface area contributed by atoms with Crippen molar-refractivity contribution >= 4 is 31.6 Å². The lowest BCUT2D eigenvalue weighted by Gasteiger charge is -2.09. The van der Waals surface area contributed by atoms with Gasteiger partial charge in [-0.15, -0.1) is 0 Å². The smallest absolute Gasteiger partial charge is 0.261 e. The van der Waals surface area contributed by atoms with Crippen LogP contribution in [0.4, 0.5) is 23.2 Å². The molecule has 2 aromatic rings. The third-order valence-corrected chi connectivity index (χ3v) is 4.46. The second-order valence-electron chi connectivity index (χ2n) is 3.94. The summed E-state index contributed by atoms with van der Waals surface area (Å²) in [5.41, 5.74) is -0.519. The Morgan fingerprint density at radius 3 is 2.00 bits per heavy atom. The van der Waals surface area contributed by atoms with Crippen LogP contribution in [0, 0.1) is 23.3 Å². The fourth-order valence-electron chi connectivity index (χ4n) is 1.47. The molecule has 2 aromatic carbocycles. The SMILES string of the molecule is O=S(=O)(Nc1cc(F)c(F)c(F)c1)c1ccc(Br)c(F)c1. The van der Waals surface area contributed by atoms with E-state index in [1.807, 2.05) is 4.72 Å². The molecule has 0 radical (unpaired) electrons. The first-order valence-electron chi connectivity index (χ1n) is 5.33. The van der Waals surface area contributed by atoms with E-state index in [-0.39, 0.29) is 4.47 Å². The zero-order chi connectivity index (χ0) is 15.8. The van der Waals surface area contributed by atoms with E-state index in [1.54, 1.807) is 0 Å². The average molecular weight is 384 g/mol. The summed E-state index contributed by atoms with van der Waals surface area (Å²) >= 11 is 2.86. The van der Waals surface area contributed by atoms with Crippen LogP contribution in [-0.2, 0) is 10.0 Å². The van der Waals surface area contributed by atoms with Crippen LogP contribution in [0.2, 0.25) is 0 Å². The molecule has 0 spiro atoms. The summed E-state index contributed by atoms with van der Waals surface area (Å²) in [6, 6.07) is 3.93. The maximum absolute atomic E-state index is 13.3. The van der Waals surface area contributed by atoms with Crippen molar-refractivity contribution in [2.45, 2.75) is 4.90 Å². The number of rotatable bonds is 3. The van der Waals surface area contributed by atoms with E-state index in [0.717, 1.165) is 18.2 Å². The summed E-state index contributed by atoms with van der Waals surface area (Å²) in [4.78, 5) is -0.451. The molecular formula is C12H6BrF4NO2S. The maximum atomic E-state index is 13.3. The van der Waals surface area contributed by atoms with Crippen LogP contribution < -0.4 is 4.72 Å². The number of halogens is 5. The predicted molar refractivity (Wildman–Crippen MR) is 71.2 cm³/mol. The molecule has 112 valence electrons. The Bertz CT molecular complexity index is 788. The molecule has 0 heterocycles. The summed E-state index contributed by atoms with van der Waals surface area (Å²) in [7, 11) is -4.27. The zero-order valence-corrected chi connectivity index (χ0v) is 12.4. The maximum Gasteiger partial charge on any atom is 0.261 e. The summed E-state index contributed by atoms with van der Waals surface area (Å²) in [5.74, 6) is -5.63. The third kappa shape index (κ3) is 3.35. The van der Waals surface area contributed by atoms with Crippen LogP contribution in [0.25, 0.3) is 0 Å². The van der Waals surface area contributed by atoms with Gasteiger partial charge in [0.05, 0.1) is 15.1 Å². The molecule has 0 aromatic heterocycles. The fraction of sp³-hybridized carbons (Fsp3) is 0. The van der Waals surface area contributed by atoms with E-state index in [2.05, 4.69) is 15.9 Å². The highest BCUT2D eigenvalue weighted by Gasteiger charge is 2.18. The molecule has 0 bridgehead atoms. The van der Waals surface area contributed by atoms with Gasteiger partial charge in [-0.05, 0) is 34.1 Å². The van der Waals surface area contributed by atoms with Gasteiger partial charge in [0.1, 0.15) is 5.82 Å². The van der Waals surface area contributed by atoms with Crippen molar-refractivity contribution in [1.29, 1.82) is 0 Å². The van der Waals surface area contributed by atoms with Gasteiger partial charge in [-0.1, -0.05) is 0 Å². The second kappa shape index (κ2) is 5.64. The van der Waals surface area contributed by atoms with Gasteiger partial charge in [-0.3, -0.25) is 4.72 Å². The van der Waals surface area contributed by atoms with Crippen LogP contribution in [-0.4, -0.2) is 8.42 Å².